The SMILES string of the molecule is C=[C-]CCCC[CH2-].C[C-](C)C.C[C-](C)C.[W+2].[Y]. The molecule has 2 heteroatoms. The molecule has 0 amide bonds. The molecule has 0 saturated heterocycles. The largest absolute Gasteiger partial charge is 2.00 e. The second-order valence-corrected chi connectivity index (χ2v) is 4.56. The van der Waals surface area contributed by atoms with Gasteiger partial charge in [-0.2, -0.15) is 54.4 Å². The van der Waals surface area contributed by atoms with Gasteiger partial charge in [-0.1, -0.05) is 12.8 Å². The summed E-state index contributed by atoms with van der Waals surface area (Å²) in [6.45, 7) is 19.7. The standard InChI is InChI=1S/C7H12.2C4H9.W.Y/c1-3-5-7-6-4-2;2*1-4(2)3;;/h1-3,5-7H2;2*1-3H3;;/q-2;2*-1;+2;. The quantitative estimate of drug-likeness (QED) is 0.361. The van der Waals surface area contributed by atoms with Crippen LogP contribution in [0.25, 0.3) is 0 Å². The molecule has 0 fully saturated rings. The number of unbranched alkanes of at least 4 members (excludes halogenated alkanes) is 3. The zero-order chi connectivity index (χ0) is 12.7. The molecule has 0 aliphatic carbocycles. The molecule has 0 aromatic heterocycles. The molecule has 0 rings (SSSR count). The summed E-state index contributed by atoms with van der Waals surface area (Å²) in [4.78, 5) is 0. The monoisotopic (exact) mass is 483 g/mol. The Kier molecular flexibility index (Phi) is 55.8. The van der Waals surface area contributed by atoms with Crippen molar-refractivity contribution in [3.05, 3.63) is 31.4 Å². The third-order valence-electron chi connectivity index (χ3n) is 0.854. The minimum Gasteiger partial charge on any atom is -0.504 e. The van der Waals surface area contributed by atoms with Gasteiger partial charge >= 0.3 is 21.1 Å². The van der Waals surface area contributed by atoms with Crippen molar-refractivity contribution in [3.8, 4) is 0 Å². The molecule has 0 spiro atoms. The van der Waals surface area contributed by atoms with Crippen molar-refractivity contribution in [2.24, 2.45) is 0 Å². The molecule has 1 radical (unpaired) electrons. The molecule has 17 heavy (non-hydrogen) atoms. The van der Waals surface area contributed by atoms with Crippen LogP contribution in [0.4, 0.5) is 0 Å². The molecule has 101 valence electrons. The van der Waals surface area contributed by atoms with E-state index in [-0.39, 0.29) is 53.8 Å². The minimum absolute atomic E-state index is 0. The predicted octanol–water partition coefficient (Wildman–Crippen LogP) is 5.61. The molecule has 0 bridgehead atoms. The van der Waals surface area contributed by atoms with E-state index in [2.05, 4.69) is 61.1 Å². The van der Waals surface area contributed by atoms with Crippen LogP contribution < -0.4 is 0 Å². The van der Waals surface area contributed by atoms with Crippen LogP contribution in [-0.4, -0.2) is 0 Å². The van der Waals surface area contributed by atoms with Gasteiger partial charge in [-0.3, -0.25) is 6.58 Å². The molecule has 0 aliphatic heterocycles. The van der Waals surface area contributed by atoms with Crippen LogP contribution in [0.3, 0.4) is 0 Å². The van der Waals surface area contributed by atoms with E-state index < -0.39 is 0 Å². The summed E-state index contributed by atoms with van der Waals surface area (Å²) in [6.07, 6.45) is 7.30. The Morgan fingerprint density at radius 1 is 0.941 bits per heavy atom. The van der Waals surface area contributed by atoms with Gasteiger partial charge in [0.2, 0.25) is 0 Å². The fourth-order valence-corrected chi connectivity index (χ4v) is 0.427. The molecule has 0 aliphatic rings. The number of allylic oxidation sites excluding steroid dienone is 1. The first-order chi connectivity index (χ1) is 6.88. The first-order valence-corrected chi connectivity index (χ1v) is 5.71. The Bertz CT molecular complexity index is 89.6. The first-order valence-electron chi connectivity index (χ1n) is 5.71. The fraction of sp³-hybridized carbons (Fsp3) is 0.667. The van der Waals surface area contributed by atoms with Gasteiger partial charge in [0.1, 0.15) is 0 Å². The summed E-state index contributed by atoms with van der Waals surface area (Å²) >= 11 is 0. The van der Waals surface area contributed by atoms with Gasteiger partial charge in [0.05, 0.1) is 0 Å². The summed E-state index contributed by atoms with van der Waals surface area (Å²) in [6, 6.07) is 0. The molecule has 0 unspecified atom stereocenters. The van der Waals surface area contributed by atoms with Crippen LogP contribution >= 0.6 is 0 Å². The zero-order valence-electron chi connectivity index (χ0n) is 12.7. The number of rotatable bonds is 4. The predicted molar refractivity (Wildman–Crippen MR) is 73.2 cm³/mol. The Labute approximate surface area is 151 Å². The molecule has 0 saturated carbocycles. The maximum absolute atomic E-state index is 3.71. The Morgan fingerprint density at radius 2 is 1.24 bits per heavy atom. The zero-order valence-corrected chi connectivity index (χ0v) is 18.5. The Morgan fingerprint density at radius 3 is 1.41 bits per heavy atom. The normalized spacial score (nSPS) is 7.82. The van der Waals surface area contributed by atoms with Gasteiger partial charge in [-0.15, -0.1) is 0 Å². The molecule has 0 atom stereocenters. The van der Waals surface area contributed by atoms with Crippen molar-refractivity contribution >= 4 is 0 Å². The van der Waals surface area contributed by atoms with E-state index >= 15 is 0 Å². The maximum atomic E-state index is 3.71. The average molecular weight is 483 g/mol. The Balaban J connectivity index is -0.0000000425. The van der Waals surface area contributed by atoms with Gasteiger partial charge < -0.3 is 24.8 Å². The maximum Gasteiger partial charge on any atom is 2.00 e. The van der Waals surface area contributed by atoms with Crippen molar-refractivity contribution in [2.75, 3.05) is 0 Å². The molecular formula is C15H30WY-2. The van der Waals surface area contributed by atoms with E-state index in [1.807, 2.05) is 0 Å². The van der Waals surface area contributed by atoms with Crippen LogP contribution in [-0.2, 0) is 53.8 Å². The first kappa shape index (κ1) is 31.1. The van der Waals surface area contributed by atoms with E-state index in [4.69, 9.17) is 0 Å². The van der Waals surface area contributed by atoms with Crippen molar-refractivity contribution in [3.63, 3.8) is 0 Å². The van der Waals surface area contributed by atoms with Crippen molar-refractivity contribution < 1.29 is 53.8 Å². The van der Waals surface area contributed by atoms with Crippen molar-refractivity contribution in [1.82, 2.24) is 0 Å². The van der Waals surface area contributed by atoms with E-state index in [0.29, 0.717) is 0 Å². The molecule has 0 nitrogen and oxygen atoms in total. The van der Waals surface area contributed by atoms with E-state index in [1.165, 1.54) is 24.7 Å². The third-order valence-corrected chi connectivity index (χ3v) is 0.854. The summed E-state index contributed by atoms with van der Waals surface area (Å²) < 4.78 is 0. The molecule has 0 aromatic carbocycles. The van der Waals surface area contributed by atoms with Crippen molar-refractivity contribution in [2.45, 2.75) is 67.2 Å². The molecule has 0 aromatic rings. The summed E-state index contributed by atoms with van der Waals surface area (Å²) in [5, 5.41) is 0. The van der Waals surface area contributed by atoms with Crippen LogP contribution in [0.2, 0.25) is 0 Å². The Hall–Kier alpha value is 1.53. The van der Waals surface area contributed by atoms with Crippen LogP contribution in [0, 0.1) is 24.8 Å². The third kappa shape index (κ3) is 138. The average Bonchev–Trinajstić information content (AvgIpc) is 2.03. The minimum atomic E-state index is 0. The van der Waals surface area contributed by atoms with Gasteiger partial charge in [0, 0.05) is 32.7 Å². The number of hydrogen-bond acceptors (Lipinski definition) is 0. The fourth-order valence-electron chi connectivity index (χ4n) is 0.427. The summed E-state index contributed by atoms with van der Waals surface area (Å²) in [7, 11) is 0. The van der Waals surface area contributed by atoms with Gasteiger partial charge in [0.15, 0.2) is 0 Å². The van der Waals surface area contributed by atoms with E-state index in [9.17, 15) is 0 Å². The molecular weight excluding hydrogens is 453 g/mol. The second-order valence-electron chi connectivity index (χ2n) is 4.56. The van der Waals surface area contributed by atoms with Crippen LogP contribution in [0.15, 0.2) is 6.58 Å². The molecule has 0 heterocycles. The van der Waals surface area contributed by atoms with Crippen LogP contribution in [0.5, 0.6) is 0 Å². The second kappa shape index (κ2) is 30.5. The van der Waals surface area contributed by atoms with Crippen molar-refractivity contribution in [1.29, 1.82) is 0 Å². The molecule has 0 N–H and O–H groups in total. The number of hydrogen-bond donors (Lipinski definition) is 0. The topological polar surface area (TPSA) is 0 Å². The smallest absolute Gasteiger partial charge is 0.504 e. The van der Waals surface area contributed by atoms with Gasteiger partial charge in [-0.25, -0.2) is 0 Å². The summed E-state index contributed by atoms with van der Waals surface area (Å²) in [5.74, 6) is 2.83. The summed E-state index contributed by atoms with van der Waals surface area (Å²) in [5.41, 5.74) is 0. The van der Waals surface area contributed by atoms with Crippen LogP contribution in [0.1, 0.15) is 67.2 Å². The van der Waals surface area contributed by atoms with Gasteiger partial charge in [0.25, 0.3) is 0 Å². The van der Waals surface area contributed by atoms with E-state index in [1.54, 1.807) is 0 Å². The van der Waals surface area contributed by atoms with Gasteiger partial charge in [-0.05, 0) is 0 Å². The van der Waals surface area contributed by atoms with E-state index in [0.717, 1.165) is 12.8 Å².